The van der Waals surface area contributed by atoms with Crippen molar-refractivity contribution in [2.75, 3.05) is 18.3 Å². The number of hydrogen-bond acceptors (Lipinski definition) is 4. The van der Waals surface area contributed by atoms with Gasteiger partial charge in [-0.3, -0.25) is 4.98 Å². The Kier molecular flexibility index (Phi) is 5.91. The summed E-state index contributed by atoms with van der Waals surface area (Å²) in [5.74, 6) is -0.860. The van der Waals surface area contributed by atoms with Gasteiger partial charge in [-0.1, -0.05) is 24.3 Å². The molecule has 0 aliphatic heterocycles. The molecule has 0 fully saturated rings. The number of halogens is 4. The molecule has 1 heterocycles. The number of ether oxygens (including phenoxy) is 1. The number of aliphatic hydroxyl groups is 1. The van der Waals surface area contributed by atoms with Crippen LogP contribution in [-0.4, -0.2) is 34.9 Å². The minimum atomic E-state index is -4.99. The molecular formula is C21H20ClF3N2O2. The van der Waals surface area contributed by atoms with Crippen LogP contribution in [-0.2, 0) is 0 Å². The number of methoxy groups -OCH3 is 1. The Morgan fingerprint density at radius 2 is 1.83 bits per heavy atom. The highest BCUT2D eigenvalue weighted by molar-refractivity contribution is 6.18. The Balaban J connectivity index is 2.19. The van der Waals surface area contributed by atoms with Crippen molar-refractivity contribution < 1.29 is 23.0 Å². The predicted octanol–water partition coefficient (Wildman–Crippen LogP) is 5.24. The first kappa shape index (κ1) is 21.2. The van der Waals surface area contributed by atoms with E-state index in [1.807, 2.05) is 6.92 Å². The SMILES string of the molecule is COc1ccccc1C(Nc1cccc2nc(C)ccc12)C(O)(CCl)C(F)(F)F. The van der Waals surface area contributed by atoms with E-state index in [0.29, 0.717) is 16.6 Å². The van der Waals surface area contributed by atoms with Crippen molar-refractivity contribution in [1.29, 1.82) is 0 Å². The number of pyridine rings is 1. The minimum absolute atomic E-state index is 0.132. The predicted molar refractivity (Wildman–Crippen MR) is 108 cm³/mol. The van der Waals surface area contributed by atoms with Gasteiger partial charge in [-0.05, 0) is 37.3 Å². The molecular weight excluding hydrogens is 405 g/mol. The van der Waals surface area contributed by atoms with Gasteiger partial charge in [0.05, 0.1) is 24.5 Å². The Labute approximate surface area is 171 Å². The van der Waals surface area contributed by atoms with E-state index >= 15 is 0 Å². The van der Waals surface area contributed by atoms with Crippen LogP contribution in [0.15, 0.2) is 54.6 Å². The van der Waals surface area contributed by atoms with E-state index in [-0.39, 0.29) is 11.3 Å². The van der Waals surface area contributed by atoms with Gasteiger partial charge in [0, 0.05) is 22.3 Å². The summed E-state index contributed by atoms with van der Waals surface area (Å²) in [4.78, 5) is 4.41. The molecule has 0 radical (unpaired) electrons. The molecule has 3 rings (SSSR count). The maximum Gasteiger partial charge on any atom is 0.420 e. The first-order valence-electron chi connectivity index (χ1n) is 8.82. The average Bonchev–Trinajstić information content (AvgIpc) is 2.70. The van der Waals surface area contributed by atoms with Crippen LogP contribution < -0.4 is 10.1 Å². The summed E-state index contributed by atoms with van der Waals surface area (Å²) in [7, 11) is 1.36. The molecule has 3 aromatic rings. The van der Waals surface area contributed by atoms with Gasteiger partial charge in [0.15, 0.2) is 5.60 Å². The first-order valence-corrected chi connectivity index (χ1v) is 9.35. The second-order valence-electron chi connectivity index (χ2n) is 6.70. The number of alkyl halides is 4. The Morgan fingerprint density at radius 1 is 1.10 bits per heavy atom. The number of aryl methyl sites for hydroxylation is 1. The van der Waals surface area contributed by atoms with Crippen LogP contribution in [0.5, 0.6) is 5.75 Å². The number of anilines is 1. The lowest BCUT2D eigenvalue weighted by atomic mass is 9.88. The minimum Gasteiger partial charge on any atom is -0.496 e. The lowest BCUT2D eigenvalue weighted by Gasteiger charge is -2.38. The van der Waals surface area contributed by atoms with Gasteiger partial charge < -0.3 is 15.2 Å². The number of para-hydroxylation sites is 1. The fourth-order valence-electron chi connectivity index (χ4n) is 3.21. The van der Waals surface area contributed by atoms with Crippen molar-refractivity contribution in [2.24, 2.45) is 0 Å². The highest BCUT2D eigenvalue weighted by atomic mass is 35.5. The maximum atomic E-state index is 13.9. The third kappa shape index (κ3) is 3.97. The van der Waals surface area contributed by atoms with Crippen molar-refractivity contribution in [3.63, 3.8) is 0 Å². The molecule has 154 valence electrons. The van der Waals surface area contributed by atoms with Gasteiger partial charge in [-0.2, -0.15) is 13.2 Å². The molecule has 2 unspecified atom stereocenters. The number of nitrogens with one attached hydrogen (secondary N) is 1. The molecule has 0 spiro atoms. The van der Waals surface area contributed by atoms with E-state index in [2.05, 4.69) is 10.3 Å². The number of benzene rings is 2. The summed E-state index contributed by atoms with van der Waals surface area (Å²) >= 11 is 5.68. The monoisotopic (exact) mass is 424 g/mol. The Hall–Kier alpha value is -2.51. The molecule has 0 saturated carbocycles. The molecule has 0 saturated heterocycles. The molecule has 0 bridgehead atoms. The lowest BCUT2D eigenvalue weighted by molar-refractivity contribution is -0.257. The van der Waals surface area contributed by atoms with Crippen LogP contribution in [0.1, 0.15) is 17.3 Å². The van der Waals surface area contributed by atoms with E-state index in [1.54, 1.807) is 42.5 Å². The summed E-state index contributed by atoms with van der Waals surface area (Å²) in [5.41, 5.74) is -1.33. The molecule has 0 aliphatic rings. The van der Waals surface area contributed by atoms with Crippen molar-refractivity contribution >= 4 is 28.2 Å². The summed E-state index contributed by atoms with van der Waals surface area (Å²) in [6, 6.07) is 13.2. The molecule has 2 aromatic carbocycles. The summed E-state index contributed by atoms with van der Waals surface area (Å²) in [6.45, 7) is 1.83. The Morgan fingerprint density at radius 3 is 2.48 bits per heavy atom. The van der Waals surface area contributed by atoms with Gasteiger partial charge in [-0.15, -0.1) is 11.6 Å². The zero-order valence-corrected chi connectivity index (χ0v) is 16.6. The van der Waals surface area contributed by atoms with Crippen LogP contribution in [0.2, 0.25) is 0 Å². The number of fused-ring (bicyclic) bond motifs is 1. The fourth-order valence-corrected chi connectivity index (χ4v) is 3.52. The van der Waals surface area contributed by atoms with Gasteiger partial charge in [0.2, 0.25) is 0 Å². The van der Waals surface area contributed by atoms with Crippen LogP contribution in [0.3, 0.4) is 0 Å². The quantitative estimate of drug-likeness (QED) is 0.531. The van der Waals surface area contributed by atoms with Crippen LogP contribution >= 0.6 is 11.6 Å². The molecule has 2 atom stereocenters. The first-order chi connectivity index (χ1) is 13.7. The second-order valence-corrected chi connectivity index (χ2v) is 6.97. The van der Waals surface area contributed by atoms with Crippen molar-refractivity contribution in [2.45, 2.75) is 24.7 Å². The molecule has 2 N–H and O–H groups in total. The van der Waals surface area contributed by atoms with Crippen molar-refractivity contribution in [3.05, 3.63) is 65.9 Å². The molecule has 0 aliphatic carbocycles. The zero-order valence-electron chi connectivity index (χ0n) is 15.8. The third-order valence-electron chi connectivity index (χ3n) is 4.79. The Bertz CT molecular complexity index is 1010. The van der Waals surface area contributed by atoms with Crippen LogP contribution in [0.4, 0.5) is 18.9 Å². The lowest BCUT2D eigenvalue weighted by Crippen LogP contribution is -2.54. The highest BCUT2D eigenvalue weighted by Gasteiger charge is 2.59. The molecule has 0 amide bonds. The topological polar surface area (TPSA) is 54.4 Å². The number of aromatic nitrogens is 1. The van der Waals surface area contributed by atoms with Gasteiger partial charge in [0.25, 0.3) is 0 Å². The van der Waals surface area contributed by atoms with E-state index in [4.69, 9.17) is 16.3 Å². The zero-order chi connectivity index (χ0) is 21.2. The van der Waals surface area contributed by atoms with E-state index in [0.717, 1.165) is 5.69 Å². The maximum absolute atomic E-state index is 13.9. The van der Waals surface area contributed by atoms with Crippen molar-refractivity contribution in [1.82, 2.24) is 4.98 Å². The van der Waals surface area contributed by atoms with E-state index < -0.39 is 23.7 Å². The average molecular weight is 425 g/mol. The number of rotatable bonds is 6. The fraction of sp³-hybridized carbons (Fsp3) is 0.286. The summed E-state index contributed by atoms with van der Waals surface area (Å²) in [6.07, 6.45) is -4.99. The summed E-state index contributed by atoms with van der Waals surface area (Å²) in [5, 5.41) is 14.2. The standard InChI is InChI=1S/C21H20ClF3N2O2/c1-13-10-11-14-16(26-13)7-5-8-17(14)27-19(20(28,12-22)21(23,24)25)15-6-3-4-9-18(15)29-2/h3-11,19,27-28H,12H2,1-2H3. The third-order valence-corrected chi connectivity index (χ3v) is 5.20. The normalized spacial score (nSPS) is 15.0. The molecule has 1 aromatic heterocycles. The van der Waals surface area contributed by atoms with Gasteiger partial charge in [0.1, 0.15) is 5.75 Å². The largest absolute Gasteiger partial charge is 0.496 e. The smallest absolute Gasteiger partial charge is 0.420 e. The number of hydrogen-bond donors (Lipinski definition) is 2. The van der Waals surface area contributed by atoms with Gasteiger partial charge >= 0.3 is 6.18 Å². The molecule has 29 heavy (non-hydrogen) atoms. The van der Waals surface area contributed by atoms with E-state index in [9.17, 15) is 18.3 Å². The molecule has 4 nitrogen and oxygen atoms in total. The number of nitrogens with zero attached hydrogens (tertiary/aromatic N) is 1. The highest BCUT2D eigenvalue weighted by Crippen LogP contribution is 2.45. The van der Waals surface area contributed by atoms with Crippen LogP contribution in [0.25, 0.3) is 10.9 Å². The molecule has 8 heteroatoms. The summed E-state index contributed by atoms with van der Waals surface area (Å²) < 4.78 is 47.0. The second kappa shape index (κ2) is 8.08. The van der Waals surface area contributed by atoms with Crippen molar-refractivity contribution in [3.8, 4) is 5.75 Å². The van der Waals surface area contributed by atoms with Crippen LogP contribution in [0, 0.1) is 6.92 Å². The van der Waals surface area contributed by atoms with Gasteiger partial charge in [-0.25, -0.2) is 0 Å². The van der Waals surface area contributed by atoms with E-state index in [1.165, 1.54) is 19.2 Å².